The molecule has 8 heteroatoms. The normalized spacial score (nSPS) is 22.3. The van der Waals surface area contributed by atoms with E-state index in [0.29, 0.717) is 29.6 Å². The molecule has 0 aliphatic heterocycles. The first-order valence-corrected chi connectivity index (χ1v) is 9.50. The summed E-state index contributed by atoms with van der Waals surface area (Å²) in [7, 11) is 0. The van der Waals surface area contributed by atoms with Crippen LogP contribution in [-0.2, 0) is 6.18 Å². The van der Waals surface area contributed by atoms with E-state index in [1.54, 1.807) is 6.20 Å². The van der Waals surface area contributed by atoms with Gasteiger partial charge in [-0.2, -0.15) is 13.2 Å². The Morgan fingerprint density at radius 2 is 2.18 bits per heavy atom. The second-order valence-electron chi connectivity index (χ2n) is 7.52. The monoisotopic (exact) mass is 389 g/mol. The fraction of sp³-hybridized carbons (Fsp3) is 0.450. The highest BCUT2D eigenvalue weighted by Gasteiger charge is 2.37. The number of hydrogen-bond donors (Lipinski definition) is 2. The number of rotatable bonds is 4. The van der Waals surface area contributed by atoms with Crippen molar-refractivity contribution >= 4 is 5.69 Å². The maximum absolute atomic E-state index is 13.2. The van der Waals surface area contributed by atoms with E-state index in [2.05, 4.69) is 39.7 Å². The van der Waals surface area contributed by atoms with Gasteiger partial charge in [0.25, 0.3) is 0 Å². The molecule has 5 nitrogen and oxygen atoms in total. The van der Waals surface area contributed by atoms with Gasteiger partial charge in [-0.15, -0.1) is 5.10 Å². The van der Waals surface area contributed by atoms with E-state index in [9.17, 15) is 13.2 Å². The van der Waals surface area contributed by atoms with Crippen molar-refractivity contribution in [2.45, 2.75) is 38.8 Å². The number of alkyl halides is 3. The molecule has 0 saturated heterocycles. The third-order valence-electron chi connectivity index (χ3n) is 5.52. The first-order valence-electron chi connectivity index (χ1n) is 9.50. The molecule has 2 atom stereocenters. The van der Waals surface area contributed by atoms with Crippen LogP contribution in [0.5, 0.6) is 0 Å². The number of halogens is 3. The van der Waals surface area contributed by atoms with Gasteiger partial charge in [0.2, 0.25) is 0 Å². The van der Waals surface area contributed by atoms with Crippen LogP contribution in [0.2, 0.25) is 0 Å². The summed E-state index contributed by atoms with van der Waals surface area (Å²) in [6.07, 6.45) is 7.35. The zero-order chi connectivity index (χ0) is 19.7. The number of nitrogens with one attached hydrogen (secondary N) is 2. The highest BCUT2D eigenvalue weighted by molar-refractivity contribution is 5.76. The van der Waals surface area contributed by atoms with E-state index >= 15 is 0 Å². The van der Waals surface area contributed by atoms with E-state index < -0.39 is 11.9 Å². The van der Waals surface area contributed by atoms with Gasteiger partial charge in [0.05, 0.1) is 11.9 Å². The Morgan fingerprint density at radius 1 is 1.32 bits per heavy atom. The average molecular weight is 389 g/mol. The van der Waals surface area contributed by atoms with Gasteiger partial charge in [0.15, 0.2) is 5.69 Å². The number of H-pyrrole nitrogens is 1. The first-order chi connectivity index (χ1) is 13.4. The minimum Gasteiger partial charge on any atom is -0.383 e. The van der Waals surface area contributed by atoms with Crippen molar-refractivity contribution in [2.75, 3.05) is 11.9 Å². The predicted molar refractivity (Wildman–Crippen MR) is 100 cm³/mol. The van der Waals surface area contributed by atoms with E-state index in [0.717, 1.165) is 25.7 Å². The zero-order valence-corrected chi connectivity index (χ0v) is 15.6. The fourth-order valence-corrected chi connectivity index (χ4v) is 4.13. The molecule has 2 aliphatic rings. The van der Waals surface area contributed by atoms with Crippen molar-refractivity contribution in [1.29, 1.82) is 0 Å². The standard InChI is InChI=1S/C20H22F3N5/c1-12-5-6-13-3-2-4-14(16(13)9-12)10-25-17-11-24-8-7-15(17)18-19(20(21,22)23)27-28-26-18/h5-8,11-12,14,25H,2-4,9-10H2,1H3,(H,26,27,28). The summed E-state index contributed by atoms with van der Waals surface area (Å²) in [5, 5.41) is 12.3. The quantitative estimate of drug-likeness (QED) is 0.773. The van der Waals surface area contributed by atoms with Crippen LogP contribution < -0.4 is 5.32 Å². The molecule has 2 aliphatic carbocycles. The van der Waals surface area contributed by atoms with Gasteiger partial charge in [0.1, 0.15) is 5.69 Å². The molecule has 28 heavy (non-hydrogen) atoms. The van der Waals surface area contributed by atoms with Crippen molar-refractivity contribution < 1.29 is 13.2 Å². The summed E-state index contributed by atoms with van der Waals surface area (Å²) >= 11 is 0. The molecule has 2 heterocycles. The van der Waals surface area contributed by atoms with E-state index in [-0.39, 0.29) is 5.69 Å². The van der Waals surface area contributed by atoms with E-state index in [4.69, 9.17) is 0 Å². The number of aromatic amines is 1. The third kappa shape index (κ3) is 3.68. The molecule has 0 bridgehead atoms. The molecule has 148 valence electrons. The Hall–Kier alpha value is -2.64. The summed E-state index contributed by atoms with van der Waals surface area (Å²) in [6.45, 7) is 2.87. The van der Waals surface area contributed by atoms with Gasteiger partial charge < -0.3 is 5.32 Å². The van der Waals surface area contributed by atoms with Crippen LogP contribution in [0.15, 0.2) is 41.8 Å². The molecule has 0 amide bonds. The minimum absolute atomic E-state index is 0.213. The lowest BCUT2D eigenvalue weighted by atomic mass is 9.76. The Bertz CT molecular complexity index is 913. The van der Waals surface area contributed by atoms with Crippen molar-refractivity contribution in [3.05, 3.63) is 47.5 Å². The number of allylic oxidation sites excluding steroid dienone is 3. The van der Waals surface area contributed by atoms with Gasteiger partial charge in [0, 0.05) is 18.3 Å². The average Bonchev–Trinajstić information content (AvgIpc) is 3.17. The Labute approximate surface area is 161 Å². The fourth-order valence-electron chi connectivity index (χ4n) is 4.13. The summed E-state index contributed by atoms with van der Waals surface area (Å²) in [6, 6.07) is 1.53. The zero-order valence-electron chi connectivity index (χ0n) is 15.6. The first kappa shape index (κ1) is 18.7. The second kappa shape index (κ2) is 7.41. The third-order valence-corrected chi connectivity index (χ3v) is 5.52. The summed E-state index contributed by atoms with van der Waals surface area (Å²) in [5.41, 5.74) is 2.63. The van der Waals surface area contributed by atoms with Gasteiger partial charge >= 0.3 is 6.18 Å². The number of nitrogens with zero attached hydrogens (tertiary/aromatic N) is 3. The molecule has 2 unspecified atom stereocenters. The molecular formula is C20H22F3N5. The van der Waals surface area contributed by atoms with Gasteiger partial charge in [-0.25, -0.2) is 0 Å². The molecule has 0 radical (unpaired) electrons. The predicted octanol–water partition coefficient (Wildman–Crippen LogP) is 4.99. The molecule has 0 fully saturated rings. The van der Waals surface area contributed by atoms with Crippen molar-refractivity contribution in [3.63, 3.8) is 0 Å². The summed E-state index contributed by atoms with van der Waals surface area (Å²) in [5.74, 6) is 0.904. The second-order valence-corrected chi connectivity index (χ2v) is 7.52. The smallest absolute Gasteiger partial charge is 0.383 e. The SMILES string of the molecule is CC1C=CC2=C(C1)C(CNc1cnccc1-c1nn[nH]c1C(F)(F)F)CCC2. The molecule has 0 aromatic carbocycles. The Balaban J connectivity index is 1.58. The molecular weight excluding hydrogens is 367 g/mol. The summed E-state index contributed by atoms with van der Waals surface area (Å²) < 4.78 is 39.7. The maximum atomic E-state index is 13.2. The van der Waals surface area contributed by atoms with Crippen LogP contribution in [-0.4, -0.2) is 26.9 Å². The summed E-state index contributed by atoms with van der Waals surface area (Å²) in [4.78, 5) is 4.08. The molecule has 0 spiro atoms. The molecule has 2 aromatic heterocycles. The van der Waals surface area contributed by atoms with Crippen LogP contribution in [0, 0.1) is 11.8 Å². The van der Waals surface area contributed by atoms with E-state index in [1.807, 2.05) is 5.10 Å². The van der Waals surface area contributed by atoms with E-state index in [1.165, 1.54) is 23.4 Å². The molecule has 2 aromatic rings. The van der Waals surface area contributed by atoms with Crippen LogP contribution >= 0.6 is 0 Å². The lowest BCUT2D eigenvalue weighted by molar-refractivity contribution is -0.140. The Morgan fingerprint density at radius 3 is 3.00 bits per heavy atom. The van der Waals surface area contributed by atoms with Gasteiger partial charge in [-0.1, -0.05) is 29.9 Å². The van der Waals surface area contributed by atoms with Crippen LogP contribution in [0.1, 0.15) is 38.3 Å². The van der Waals surface area contributed by atoms with Crippen molar-refractivity contribution in [2.24, 2.45) is 11.8 Å². The highest BCUT2D eigenvalue weighted by Crippen LogP contribution is 2.39. The minimum atomic E-state index is -4.55. The number of pyridine rings is 1. The van der Waals surface area contributed by atoms with Gasteiger partial charge in [-0.3, -0.25) is 10.1 Å². The van der Waals surface area contributed by atoms with Crippen LogP contribution in [0.4, 0.5) is 18.9 Å². The Kier molecular flexibility index (Phi) is 4.95. The molecule has 2 N–H and O–H groups in total. The molecule has 4 rings (SSSR count). The molecule has 0 saturated carbocycles. The lowest BCUT2D eigenvalue weighted by Gasteiger charge is -2.32. The van der Waals surface area contributed by atoms with Crippen LogP contribution in [0.25, 0.3) is 11.3 Å². The number of hydrogen-bond acceptors (Lipinski definition) is 4. The van der Waals surface area contributed by atoms with Gasteiger partial charge in [-0.05, 0) is 49.2 Å². The number of anilines is 1. The largest absolute Gasteiger partial charge is 0.435 e. The van der Waals surface area contributed by atoms with Crippen molar-refractivity contribution in [3.8, 4) is 11.3 Å². The topological polar surface area (TPSA) is 66.5 Å². The highest BCUT2D eigenvalue weighted by atomic mass is 19.4. The van der Waals surface area contributed by atoms with Crippen LogP contribution in [0.3, 0.4) is 0 Å². The lowest BCUT2D eigenvalue weighted by Crippen LogP contribution is -2.23. The number of aromatic nitrogens is 4. The van der Waals surface area contributed by atoms with Crippen molar-refractivity contribution in [1.82, 2.24) is 20.4 Å². The maximum Gasteiger partial charge on any atom is 0.435 e.